The van der Waals surface area contributed by atoms with Crippen LogP contribution in [0.3, 0.4) is 0 Å². The fraction of sp³-hybridized carbons (Fsp3) is 0.455. The minimum Gasteiger partial charge on any atom is -0.468 e. The van der Waals surface area contributed by atoms with E-state index >= 15 is 0 Å². The molecule has 112 valence electrons. The van der Waals surface area contributed by atoms with Gasteiger partial charge in [0.1, 0.15) is 15.8 Å². The standard InChI is InChI=1S/C11H15NO6S2/c1-6-5-19-8(11(14)18-4)9(6)20(15,16)12-7(2)10(13)17-3/h5,7,12H,1-4H3/t7-/m0/s1. The van der Waals surface area contributed by atoms with E-state index < -0.39 is 28.0 Å². The van der Waals surface area contributed by atoms with Crippen molar-refractivity contribution in [1.82, 2.24) is 4.72 Å². The molecule has 1 rings (SSSR count). The van der Waals surface area contributed by atoms with Crippen molar-refractivity contribution >= 4 is 33.3 Å². The zero-order valence-corrected chi connectivity index (χ0v) is 13.1. The van der Waals surface area contributed by atoms with Gasteiger partial charge in [0.25, 0.3) is 0 Å². The molecule has 0 saturated carbocycles. The number of thiophene rings is 1. The molecule has 20 heavy (non-hydrogen) atoms. The maximum absolute atomic E-state index is 12.3. The zero-order valence-electron chi connectivity index (χ0n) is 11.4. The van der Waals surface area contributed by atoms with Crippen molar-refractivity contribution in [1.29, 1.82) is 0 Å². The van der Waals surface area contributed by atoms with Gasteiger partial charge >= 0.3 is 11.9 Å². The highest BCUT2D eigenvalue weighted by Crippen LogP contribution is 2.27. The summed E-state index contributed by atoms with van der Waals surface area (Å²) in [6.07, 6.45) is 0. The summed E-state index contributed by atoms with van der Waals surface area (Å²) in [6, 6.07) is -1.06. The van der Waals surface area contributed by atoms with Crippen LogP contribution in [0.5, 0.6) is 0 Å². The number of aryl methyl sites for hydroxylation is 1. The third-order valence-corrected chi connectivity index (χ3v) is 5.38. The summed E-state index contributed by atoms with van der Waals surface area (Å²) >= 11 is 0.967. The number of carbonyl (C=O) groups is 2. The molecule has 1 heterocycles. The van der Waals surface area contributed by atoms with Crippen LogP contribution in [0.15, 0.2) is 10.3 Å². The first-order valence-electron chi connectivity index (χ1n) is 5.51. The van der Waals surface area contributed by atoms with E-state index in [-0.39, 0.29) is 9.77 Å². The minimum absolute atomic E-state index is 0.0328. The number of hydrogen-bond donors (Lipinski definition) is 1. The van der Waals surface area contributed by atoms with Gasteiger partial charge in [0.2, 0.25) is 10.0 Å². The Morgan fingerprint density at radius 1 is 1.30 bits per heavy atom. The fourth-order valence-electron chi connectivity index (χ4n) is 1.52. The Labute approximate surface area is 120 Å². The lowest BCUT2D eigenvalue weighted by Crippen LogP contribution is -2.39. The number of methoxy groups -OCH3 is 2. The van der Waals surface area contributed by atoms with Gasteiger partial charge in [0, 0.05) is 0 Å². The van der Waals surface area contributed by atoms with E-state index in [2.05, 4.69) is 14.2 Å². The molecule has 0 unspecified atom stereocenters. The lowest BCUT2D eigenvalue weighted by atomic mass is 10.3. The molecule has 0 fully saturated rings. The number of sulfonamides is 1. The van der Waals surface area contributed by atoms with Crippen LogP contribution < -0.4 is 4.72 Å². The van der Waals surface area contributed by atoms with Crippen molar-refractivity contribution in [3.63, 3.8) is 0 Å². The molecule has 0 aromatic carbocycles. The number of rotatable bonds is 5. The highest BCUT2D eigenvalue weighted by molar-refractivity contribution is 7.89. The highest BCUT2D eigenvalue weighted by atomic mass is 32.2. The van der Waals surface area contributed by atoms with Crippen molar-refractivity contribution in [3.8, 4) is 0 Å². The molecule has 0 aliphatic rings. The SMILES string of the molecule is COC(=O)c1scc(C)c1S(=O)(=O)N[C@@H](C)C(=O)OC. The van der Waals surface area contributed by atoms with Crippen molar-refractivity contribution in [2.75, 3.05) is 14.2 Å². The Kier molecular flexibility index (Phi) is 5.26. The molecule has 1 aromatic heterocycles. The van der Waals surface area contributed by atoms with E-state index in [0.717, 1.165) is 25.6 Å². The Hall–Kier alpha value is -1.45. The van der Waals surface area contributed by atoms with Crippen LogP contribution in [0, 0.1) is 6.92 Å². The second-order valence-corrected chi connectivity index (χ2v) is 6.47. The molecule has 0 bridgehead atoms. The molecular weight excluding hydrogens is 306 g/mol. The molecule has 1 atom stereocenters. The minimum atomic E-state index is -4.03. The molecule has 9 heteroatoms. The molecule has 0 aliphatic carbocycles. The summed E-state index contributed by atoms with van der Waals surface area (Å²) in [7, 11) is -1.71. The summed E-state index contributed by atoms with van der Waals surface area (Å²) in [5, 5.41) is 1.53. The van der Waals surface area contributed by atoms with Crippen LogP contribution >= 0.6 is 11.3 Å². The summed E-state index contributed by atoms with van der Waals surface area (Å²) in [4.78, 5) is 22.6. The molecule has 0 saturated heterocycles. The molecular formula is C11H15NO6S2. The van der Waals surface area contributed by atoms with Crippen LogP contribution in [0.2, 0.25) is 0 Å². The average Bonchev–Trinajstić information content (AvgIpc) is 2.78. The Balaban J connectivity index is 3.19. The predicted molar refractivity (Wildman–Crippen MR) is 72.2 cm³/mol. The maximum atomic E-state index is 12.3. The number of carbonyl (C=O) groups excluding carboxylic acids is 2. The molecule has 7 nitrogen and oxygen atoms in total. The van der Waals surface area contributed by atoms with Gasteiger partial charge < -0.3 is 9.47 Å². The quantitative estimate of drug-likeness (QED) is 0.801. The Bertz CT molecular complexity index is 619. The molecule has 0 amide bonds. The van der Waals surface area contributed by atoms with E-state index in [0.29, 0.717) is 5.56 Å². The number of esters is 2. The average molecular weight is 321 g/mol. The highest BCUT2D eigenvalue weighted by Gasteiger charge is 2.30. The Morgan fingerprint density at radius 2 is 1.90 bits per heavy atom. The number of ether oxygens (including phenoxy) is 2. The monoisotopic (exact) mass is 321 g/mol. The zero-order chi connectivity index (χ0) is 15.5. The van der Waals surface area contributed by atoms with Crippen LogP contribution in [0.25, 0.3) is 0 Å². The van der Waals surface area contributed by atoms with Crippen molar-refractivity contribution in [2.24, 2.45) is 0 Å². The first kappa shape index (κ1) is 16.6. The van der Waals surface area contributed by atoms with Gasteiger partial charge in [-0.2, -0.15) is 4.72 Å². The van der Waals surface area contributed by atoms with Crippen molar-refractivity contribution in [2.45, 2.75) is 24.8 Å². The van der Waals surface area contributed by atoms with Crippen molar-refractivity contribution in [3.05, 3.63) is 15.8 Å². The molecule has 0 radical (unpaired) electrons. The summed E-state index contributed by atoms with van der Waals surface area (Å²) in [5.41, 5.74) is 0.403. The second-order valence-electron chi connectivity index (χ2n) is 3.93. The number of hydrogen-bond acceptors (Lipinski definition) is 7. The largest absolute Gasteiger partial charge is 0.468 e. The topological polar surface area (TPSA) is 98.8 Å². The van der Waals surface area contributed by atoms with Gasteiger partial charge in [-0.1, -0.05) is 0 Å². The third-order valence-electron chi connectivity index (χ3n) is 2.44. The first-order valence-corrected chi connectivity index (χ1v) is 7.87. The predicted octanol–water partition coefficient (Wildman–Crippen LogP) is 0.683. The van der Waals surface area contributed by atoms with E-state index in [4.69, 9.17) is 0 Å². The van der Waals surface area contributed by atoms with E-state index in [1.807, 2.05) is 0 Å². The Morgan fingerprint density at radius 3 is 2.40 bits per heavy atom. The van der Waals surface area contributed by atoms with Crippen LogP contribution in [0.1, 0.15) is 22.2 Å². The lowest BCUT2D eigenvalue weighted by molar-refractivity contribution is -0.142. The third kappa shape index (κ3) is 3.35. The smallest absolute Gasteiger partial charge is 0.349 e. The second kappa shape index (κ2) is 6.33. The first-order chi connectivity index (χ1) is 9.24. The van der Waals surface area contributed by atoms with E-state index in [1.165, 1.54) is 12.3 Å². The molecule has 1 N–H and O–H groups in total. The number of nitrogens with one attached hydrogen (secondary N) is 1. The van der Waals surface area contributed by atoms with Gasteiger partial charge in [-0.25, -0.2) is 13.2 Å². The molecule has 1 aromatic rings. The molecule has 0 spiro atoms. The van der Waals surface area contributed by atoms with Gasteiger partial charge in [-0.3, -0.25) is 4.79 Å². The van der Waals surface area contributed by atoms with E-state index in [1.54, 1.807) is 6.92 Å². The van der Waals surface area contributed by atoms with Gasteiger partial charge in [0.15, 0.2) is 0 Å². The summed E-state index contributed by atoms with van der Waals surface area (Å²) < 4.78 is 35.7. The summed E-state index contributed by atoms with van der Waals surface area (Å²) in [6.45, 7) is 2.91. The van der Waals surface area contributed by atoms with Crippen LogP contribution in [0.4, 0.5) is 0 Å². The van der Waals surface area contributed by atoms with E-state index in [9.17, 15) is 18.0 Å². The lowest BCUT2D eigenvalue weighted by Gasteiger charge is -2.13. The van der Waals surface area contributed by atoms with Crippen LogP contribution in [-0.4, -0.2) is 40.6 Å². The fourth-order valence-corrected chi connectivity index (χ4v) is 4.42. The maximum Gasteiger partial charge on any atom is 0.349 e. The van der Waals surface area contributed by atoms with Gasteiger partial charge in [0.05, 0.1) is 14.2 Å². The van der Waals surface area contributed by atoms with Gasteiger partial charge in [-0.15, -0.1) is 11.3 Å². The van der Waals surface area contributed by atoms with Gasteiger partial charge in [-0.05, 0) is 24.8 Å². The normalized spacial score (nSPS) is 12.8. The molecule has 0 aliphatic heterocycles. The van der Waals surface area contributed by atoms with Crippen molar-refractivity contribution < 1.29 is 27.5 Å². The van der Waals surface area contributed by atoms with Crippen LogP contribution in [-0.2, 0) is 24.3 Å². The summed E-state index contributed by atoms with van der Waals surface area (Å²) in [5.74, 6) is -1.46.